The minimum absolute atomic E-state index is 0.819. The number of nitrogens with zero attached hydrogens (tertiary/aromatic N) is 6. The Morgan fingerprint density at radius 2 is 0.410 bits per heavy atom. The number of aryl methyl sites for hydroxylation is 9. The summed E-state index contributed by atoms with van der Waals surface area (Å²) in [6, 6.07) is 123. The second-order valence-corrected chi connectivity index (χ2v) is 30.7. The normalized spacial score (nSPS) is 11.4. The van der Waals surface area contributed by atoms with E-state index in [9.17, 15) is 0 Å². The molecule has 0 radical (unpaired) electrons. The Hall–Kier alpha value is -14.5. The highest BCUT2D eigenvalue weighted by atomic mass is 14.8. The third kappa shape index (κ3) is 18.3. The van der Waals surface area contributed by atoms with Crippen molar-refractivity contribution in [2.45, 2.75) is 62.3 Å². The topological polar surface area (TPSA) is 75.8 Å². The molecule has 0 bridgehead atoms. The maximum absolute atomic E-state index is 5.19. The van der Waals surface area contributed by atoms with Gasteiger partial charge in [0.25, 0.3) is 0 Å². The van der Waals surface area contributed by atoms with Crippen molar-refractivity contribution in [2.24, 2.45) is 15.0 Å². The maximum Gasteiger partial charge on any atom is 0.0812 e. The summed E-state index contributed by atoms with van der Waals surface area (Å²) in [7, 11) is 0. The zero-order chi connectivity index (χ0) is 80.3. The van der Waals surface area contributed by atoms with Crippen LogP contribution in [0, 0.1) is 62.3 Å². The van der Waals surface area contributed by atoms with Gasteiger partial charge in [0.1, 0.15) is 0 Å². The van der Waals surface area contributed by atoms with Gasteiger partial charge in [-0.2, -0.15) is 0 Å². The summed E-state index contributed by atoms with van der Waals surface area (Å²) >= 11 is 0. The van der Waals surface area contributed by atoms with Gasteiger partial charge in [0.15, 0.2) is 0 Å². The lowest BCUT2D eigenvalue weighted by Gasteiger charge is -2.18. The molecular formula is C111H90N6. The highest BCUT2D eigenvalue weighted by Gasteiger charge is 2.21. The van der Waals surface area contributed by atoms with Gasteiger partial charge in [0.2, 0.25) is 0 Å². The average molecular weight is 1510 g/mol. The van der Waals surface area contributed by atoms with Crippen LogP contribution in [0.1, 0.15) is 67.2 Å². The van der Waals surface area contributed by atoms with Gasteiger partial charge in [-0.25, -0.2) is 0 Å². The number of pyridine rings is 3. The molecule has 0 aliphatic heterocycles. The molecule has 0 unspecified atom stereocenters. The molecule has 0 spiro atoms. The summed E-state index contributed by atoms with van der Waals surface area (Å²) in [5.41, 5.74) is 37.1. The fourth-order valence-corrected chi connectivity index (χ4v) is 15.6. The molecule has 0 amide bonds. The zero-order valence-corrected chi connectivity index (χ0v) is 67.6. The fourth-order valence-electron chi connectivity index (χ4n) is 15.6. The number of fused-ring (bicyclic) bond motifs is 3. The fraction of sp³-hybridized carbons (Fsp3) is 0.0811. The lowest BCUT2D eigenvalue weighted by atomic mass is 9.88. The molecule has 0 atom stereocenters. The molecule has 117 heavy (non-hydrogen) atoms. The van der Waals surface area contributed by atoms with E-state index in [0.717, 1.165) is 95.3 Å². The second-order valence-electron chi connectivity index (χ2n) is 30.7. The van der Waals surface area contributed by atoms with Crippen LogP contribution in [0.2, 0.25) is 0 Å². The number of aromatic nitrogens is 3. The van der Waals surface area contributed by atoms with Crippen LogP contribution >= 0.6 is 0 Å². The minimum atomic E-state index is 0.819. The van der Waals surface area contributed by atoms with Crippen LogP contribution in [0.15, 0.2) is 379 Å². The molecule has 0 aliphatic rings. The van der Waals surface area contributed by atoms with Gasteiger partial charge in [0.05, 0.1) is 52.8 Å². The van der Waals surface area contributed by atoms with E-state index in [1.54, 1.807) is 18.6 Å². The third-order valence-corrected chi connectivity index (χ3v) is 21.3. The first-order chi connectivity index (χ1) is 57.1. The molecule has 0 saturated heterocycles. The molecule has 6 nitrogen and oxygen atoms in total. The molecule has 15 aromatic carbocycles. The smallest absolute Gasteiger partial charge is 0.0812 e. The Kier molecular flexibility index (Phi) is 22.8. The lowest BCUT2D eigenvalue weighted by molar-refractivity contribution is 1.30. The summed E-state index contributed by atoms with van der Waals surface area (Å²) < 4.78 is 0. The van der Waals surface area contributed by atoms with Gasteiger partial charge >= 0.3 is 0 Å². The van der Waals surface area contributed by atoms with E-state index in [4.69, 9.17) is 15.0 Å². The van der Waals surface area contributed by atoms with Crippen LogP contribution < -0.4 is 0 Å². The largest absolute Gasteiger partial charge is 0.255 e. The van der Waals surface area contributed by atoms with E-state index in [1.165, 1.54) is 121 Å². The number of benzene rings is 15. The van der Waals surface area contributed by atoms with Gasteiger partial charge in [-0.05, 0) is 252 Å². The second kappa shape index (κ2) is 34.9. The Morgan fingerprint density at radius 3 is 0.735 bits per heavy atom. The van der Waals surface area contributed by atoms with Crippen molar-refractivity contribution in [3.63, 3.8) is 0 Å². The van der Waals surface area contributed by atoms with Crippen LogP contribution in [-0.2, 0) is 0 Å². The summed E-state index contributed by atoms with van der Waals surface area (Å²) in [4.78, 5) is 28.8. The van der Waals surface area contributed by atoms with E-state index < -0.39 is 0 Å². The van der Waals surface area contributed by atoms with E-state index in [1.807, 2.05) is 73.2 Å². The highest BCUT2D eigenvalue weighted by molar-refractivity contribution is 6.02. The Morgan fingerprint density at radius 1 is 0.171 bits per heavy atom. The average Bonchev–Trinajstić information content (AvgIpc) is 0.776. The van der Waals surface area contributed by atoms with Crippen molar-refractivity contribution in [2.75, 3.05) is 0 Å². The molecule has 18 rings (SSSR count). The van der Waals surface area contributed by atoms with Crippen LogP contribution in [0.25, 0.3) is 132 Å². The van der Waals surface area contributed by atoms with Crippen LogP contribution in [0.5, 0.6) is 0 Å². The van der Waals surface area contributed by atoms with Gasteiger partial charge in [0, 0.05) is 52.0 Å². The lowest BCUT2D eigenvalue weighted by Crippen LogP contribution is -1.93. The summed E-state index contributed by atoms with van der Waals surface area (Å²) in [5.74, 6) is 0. The first-order valence-electron chi connectivity index (χ1n) is 39.9. The van der Waals surface area contributed by atoms with Gasteiger partial charge in [-0.3, -0.25) is 29.9 Å². The first-order valence-corrected chi connectivity index (χ1v) is 39.9. The third-order valence-electron chi connectivity index (χ3n) is 21.3. The number of rotatable bonds is 15. The predicted octanol–water partition coefficient (Wildman–Crippen LogP) is 29.7. The van der Waals surface area contributed by atoms with Crippen molar-refractivity contribution in [1.29, 1.82) is 0 Å². The summed E-state index contributed by atoms with van der Waals surface area (Å²) in [6.07, 6.45) is 11.0. The van der Waals surface area contributed by atoms with Crippen LogP contribution in [0.3, 0.4) is 0 Å². The number of hydrogen-bond donors (Lipinski definition) is 0. The zero-order valence-electron chi connectivity index (χ0n) is 67.6. The van der Waals surface area contributed by atoms with Gasteiger partial charge < -0.3 is 0 Å². The van der Waals surface area contributed by atoms with Crippen LogP contribution in [0.4, 0.5) is 17.1 Å². The molecule has 3 aromatic heterocycles. The Balaban J connectivity index is 0.000000132. The Labute approximate surface area is 687 Å². The van der Waals surface area contributed by atoms with Crippen molar-refractivity contribution in [1.82, 2.24) is 15.0 Å². The molecule has 0 aliphatic carbocycles. The quantitative estimate of drug-likeness (QED) is 0.0960. The van der Waals surface area contributed by atoms with Gasteiger partial charge in [-0.1, -0.05) is 305 Å². The predicted molar refractivity (Wildman–Crippen MR) is 498 cm³/mol. The van der Waals surface area contributed by atoms with E-state index in [0.29, 0.717) is 0 Å². The molecule has 18 aromatic rings. The molecule has 0 fully saturated rings. The standard InChI is InChI=1S/C42H28N2.C36H34N2.C33H28N2/c1-4-12-32-23-35(19-16-29(32)9-1)38-26-40(36-20-17-30-10-2-5-13-33(30)24-36)42(44-28-39-15-7-8-22-43-39)41(27-38)37-21-18-31-11-3-6-14-34(31)25-37;1-23-11-24(2)15-29(14-23)30-20-34(31-16-25(3)12-26(4)17-31)36(38-22-33-9-7-8-10-37-33)35(21-30)32-18-27(5)13-28(6)19-32;1-23-7-13-26(14-8-23)29-20-31(27-15-9-24(2)10-16-27)33(35-22-30-6-4-5-19-34-30)32(21-29)28-17-11-25(3)12-18-28/h1-28H;7-22H,1-6H3;4-22H,1-3H3. The first kappa shape index (κ1) is 76.5. The van der Waals surface area contributed by atoms with Crippen molar-refractivity contribution in [3.8, 4) is 100 Å². The van der Waals surface area contributed by atoms with Gasteiger partial charge in [-0.15, -0.1) is 0 Å². The number of hydrogen-bond acceptors (Lipinski definition) is 6. The highest BCUT2D eigenvalue weighted by Crippen LogP contribution is 2.48. The molecule has 3 heterocycles. The summed E-state index contributed by atoms with van der Waals surface area (Å²) in [6.45, 7) is 19.3. The SMILES string of the molecule is C(=Nc1c(-c2ccc3ccccc3c2)cc(-c2ccc3ccccc3c2)cc1-c1ccc2ccccc2c1)c1ccccn1.Cc1cc(C)cc(-c2cc(-c3cc(C)cc(C)c3)c(N=Cc3ccccn3)c(-c3cc(C)cc(C)c3)c2)c1.Cc1ccc(-c2cc(-c3ccc(C)cc3)c(N=Cc3ccccn3)c(-c3ccc(C)cc3)c2)cc1. The molecular weight excluding hydrogens is 1420 g/mol. The minimum Gasteiger partial charge on any atom is -0.255 e. The summed E-state index contributed by atoms with van der Waals surface area (Å²) in [5, 5.41) is 7.30. The van der Waals surface area contributed by atoms with E-state index in [-0.39, 0.29) is 0 Å². The maximum atomic E-state index is 5.19. The van der Waals surface area contributed by atoms with E-state index in [2.05, 4.69) is 368 Å². The number of aliphatic imine (C=N–C) groups is 3. The molecule has 6 heteroatoms. The van der Waals surface area contributed by atoms with Crippen molar-refractivity contribution < 1.29 is 0 Å². The monoisotopic (exact) mass is 1510 g/mol. The Bertz CT molecular complexity index is 6440. The van der Waals surface area contributed by atoms with E-state index >= 15 is 0 Å². The van der Waals surface area contributed by atoms with Crippen molar-refractivity contribution >= 4 is 68.0 Å². The van der Waals surface area contributed by atoms with Crippen LogP contribution in [-0.4, -0.2) is 33.6 Å². The molecule has 0 N–H and O–H groups in total. The molecule has 0 saturated carbocycles. The molecule has 564 valence electrons. The van der Waals surface area contributed by atoms with Crippen molar-refractivity contribution in [3.05, 3.63) is 432 Å².